The number of oxime groups is 1. The summed E-state index contributed by atoms with van der Waals surface area (Å²) < 4.78 is 4.88. The Morgan fingerprint density at radius 1 is 1.47 bits per heavy atom. The fourth-order valence-corrected chi connectivity index (χ4v) is 4.87. The highest BCUT2D eigenvalue weighted by Gasteiger charge is 2.54. The molecule has 1 saturated heterocycles. The maximum absolute atomic E-state index is 12.7. The summed E-state index contributed by atoms with van der Waals surface area (Å²) in [7, 11) is 1.26. The third-order valence-electron chi connectivity index (χ3n) is 4.14. The number of anilines is 1. The van der Waals surface area contributed by atoms with Crippen LogP contribution in [0.1, 0.15) is 11.8 Å². The quantitative estimate of drug-likeness (QED) is 0.208. The molecule has 0 saturated carbocycles. The molecule has 14 heteroatoms. The summed E-state index contributed by atoms with van der Waals surface area (Å²) >= 11 is 2.27. The van der Waals surface area contributed by atoms with Crippen LogP contribution in [-0.4, -0.2) is 75.3 Å². The normalized spacial score (nSPS) is 20.9. The topological polar surface area (TPSA) is 174 Å². The number of carboxylic acids is 1. The van der Waals surface area contributed by atoms with Crippen LogP contribution in [0.3, 0.4) is 0 Å². The number of amides is 2. The van der Waals surface area contributed by atoms with E-state index >= 15 is 0 Å². The number of aliphatic carboxylic acids is 1. The molecule has 3 heterocycles. The molecule has 0 aliphatic carbocycles. The van der Waals surface area contributed by atoms with Crippen molar-refractivity contribution in [3.63, 3.8) is 0 Å². The maximum atomic E-state index is 12.7. The predicted octanol–water partition coefficient (Wildman–Crippen LogP) is -0.622. The van der Waals surface area contributed by atoms with Crippen LogP contribution >= 0.6 is 23.1 Å². The molecule has 2 atom stereocenters. The maximum Gasteiger partial charge on any atom is 0.352 e. The number of aromatic nitrogens is 1. The van der Waals surface area contributed by atoms with Gasteiger partial charge in [0.15, 0.2) is 10.8 Å². The zero-order valence-electron chi connectivity index (χ0n) is 15.8. The van der Waals surface area contributed by atoms with Crippen LogP contribution in [-0.2, 0) is 28.8 Å². The number of esters is 1. The van der Waals surface area contributed by atoms with E-state index in [1.807, 2.05) is 0 Å². The number of thiazole rings is 1. The zero-order chi connectivity index (χ0) is 22.0. The van der Waals surface area contributed by atoms with Gasteiger partial charge >= 0.3 is 11.9 Å². The lowest BCUT2D eigenvalue weighted by Crippen LogP contribution is -2.71. The molecule has 3 rings (SSSR count). The number of thioether (sulfide) groups is 1. The van der Waals surface area contributed by atoms with Gasteiger partial charge < -0.3 is 25.7 Å². The largest absolute Gasteiger partial charge is 0.477 e. The van der Waals surface area contributed by atoms with Gasteiger partial charge in [-0.05, 0) is 0 Å². The van der Waals surface area contributed by atoms with Crippen molar-refractivity contribution in [2.75, 3.05) is 25.2 Å². The summed E-state index contributed by atoms with van der Waals surface area (Å²) in [6, 6.07) is -0.959. The highest BCUT2D eigenvalue weighted by Crippen LogP contribution is 2.40. The van der Waals surface area contributed by atoms with Gasteiger partial charge in [-0.15, -0.1) is 11.8 Å². The molecule has 30 heavy (non-hydrogen) atoms. The van der Waals surface area contributed by atoms with Crippen molar-refractivity contribution >= 4 is 57.7 Å². The Hall–Kier alpha value is -3.13. The predicted molar refractivity (Wildman–Crippen MR) is 106 cm³/mol. The van der Waals surface area contributed by atoms with Gasteiger partial charge in [-0.3, -0.25) is 19.3 Å². The van der Waals surface area contributed by atoms with E-state index in [2.05, 4.69) is 15.5 Å². The van der Waals surface area contributed by atoms with E-state index in [4.69, 9.17) is 15.3 Å². The van der Waals surface area contributed by atoms with Crippen molar-refractivity contribution in [3.05, 3.63) is 22.3 Å². The number of ether oxygens (including phenoxy) is 1. The summed E-state index contributed by atoms with van der Waals surface area (Å²) in [5.41, 5.74) is 5.54. The Balaban J connectivity index is 1.77. The average Bonchev–Trinajstić information content (AvgIpc) is 3.13. The first kappa shape index (κ1) is 21.6. The summed E-state index contributed by atoms with van der Waals surface area (Å²) in [6.07, 6.45) is 1.36. The smallest absolute Gasteiger partial charge is 0.352 e. The van der Waals surface area contributed by atoms with Crippen molar-refractivity contribution < 1.29 is 33.9 Å². The second-order valence-corrected chi connectivity index (χ2v) is 8.25. The van der Waals surface area contributed by atoms with E-state index in [-0.39, 0.29) is 28.9 Å². The lowest BCUT2D eigenvalue weighted by atomic mass is 10.0. The average molecular weight is 455 g/mol. The number of hydrogen-bond donors (Lipinski definition) is 3. The molecular weight excluding hydrogens is 438 g/mol. The van der Waals surface area contributed by atoms with Crippen LogP contribution in [0.25, 0.3) is 0 Å². The third kappa shape index (κ3) is 4.09. The van der Waals surface area contributed by atoms with Crippen molar-refractivity contribution in [1.29, 1.82) is 0 Å². The molecular formula is C16H17N5O7S2. The molecule has 160 valence electrons. The SMILES string of the molecule is CO/N=C(\C(=O)N[C@@H]1C(=O)N2C(C(=O)O)=C(COC(C)=O)CS[C@H]12)c1cnc(N)s1. The molecule has 0 spiro atoms. The van der Waals surface area contributed by atoms with Crippen LogP contribution in [0.4, 0.5) is 5.13 Å². The lowest BCUT2D eigenvalue weighted by molar-refractivity contribution is -0.150. The minimum atomic E-state index is -1.32. The zero-order valence-corrected chi connectivity index (χ0v) is 17.4. The summed E-state index contributed by atoms with van der Waals surface area (Å²) in [6.45, 7) is 0.977. The summed E-state index contributed by atoms with van der Waals surface area (Å²) in [4.78, 5) is 58.1. The number of rotatable bonds is 7. The number of hydrogen-bond acceptors (Lipinski definition) is 11. The molecule has 1 aromatic heterocycles. The Labute approximate surface area is 178 Å². The molecule has 2 aliphatic rings. The molecule has 1 fully saturated rings. The van der Waals surface area contributed by atoms with Gasteiger partial charge in [0.2, 0.25) is 0 Å². The van der Waals surface area contributed by atoms with Crippen molar-refractivity contribution in [2.45, 2.75) is 18.3 Å². The first-order valence-corrected chi connectivity index (χ1v) is 10.3. The standard InChI is InChI=1S/C16H17N5O7S2/c1-6(22)28-4-7-5-29-14-10(13(24)21(14)11(7)15(25)26)19-12(23)9(20-27-2)8-3-18-16(17)30-8/h3,10,14H,4-5H2,1-2H3,(H2,17,18)(H,19,23)(H,25,26)/b20-9-/t10-,14-/m1/s1. The van der Waals surface area contributed by atoms with Gasteiger partial charge in [0.1, 0.15) is 30.8 Å². The monoisotopic (exact) mass is 455 g/mol. The van der Waals surface area contributed by atoms with E-state index in [0.29, 0.717) is 10.5 Å². The van der Waals surface area contributed by atoms with E-state index in [1.165, 1.54) is 32.0 Å². The highest BCUT2D eigenvalue weighted by molar-refractivity contribution is 8.00. The number of carbonyl (C=O) groups is 4. The molecule has 0 aromatic carbocycles. The van der Waals surface area contributed by atoms with Crippen LogP contribution in [0.15, 0.2) is 22.6 Å². The molecule has 0 unspecified atom stereocenters. The van der Waals surface area contributed by atoms with Gasteiger partial charge in [-0.1, -0.05) is 16.5 Å². The number of nitrogen functional groups attached to an aromatic ring is 1. The van der Waals surface area contributed by atoms with Crippen LogP contribution in [0, 0.1) is 0 Å². The van der Waals surface area contributed by atoms with Gasteiger partial charge in [-0.2, -0.15) is 0 Å². The number of β-lactam (4-membered cyclic amide) rings is 1. The number of carbonyl (C=O) groups excluding carboxylic acids is 3. The molecule has 0 bridgehead atoms. The second kappa shape index (κ2) is 8.71. The fourth-order valence-electron chi connectivity index (χ4n) is 2.88. The molecule has 2 aliphatic heterocycles. The Kier molecular flexibility index (Phi) is 6.26. The molecule has 12 nitrogen and oxygen atoms in total. The van der Waals surface area contributed by atoms with E-state index in [1.54, 1.807) is 0 Å². The molecule has 0 radical (unpaired) electrons. The molecule has 1 aromatic rings. The number of fused-ring (bicyclic) bond motifs is 1. The van der Waals surface area contributed by atoms with Crippen molar-refractivity contribution in [1.82, 2.24) is 15.2 Å². The Bertz CT molecular complexity index is 973. The minimum Gasteiger partial charge on any atom is -0.477 e. The fraction of sp³-hybridized carbons (Fsp3) is 0.375. The van der Waals surface area contributed by atoms with Gasteiger partial charge in [0.25, 0.3) is 11.8 Å². The molecule has 4 N–H and O–H groups in total. The lowest BCUT2D eigenvalue weighted by Gasteiger charge is -2.49. The van der Waals surface area contributed by atoms with Crippen LogP contribution in [0.5, 0.6) is 0 Å². The van der Waals surface area contributed by atoms with Gasteiger partial charge in [0.05, 0.1) is 4.88 Å². The van der Waals surface area contributed by atoms with Crippen LogP contribution < -0.4 is 11.1 Å². The Morgan fingerprint density at radius 2 is 2.20 bits per heavy atom. The summed E-state index contributed by atoms with van der Waals surface area (Å²) in [5.74, 6) is -2.94. The number of nitrogens with one attached hydrogen (secondary N) is 1. The first-order chi connectivity index (χ1) is 14.2. The highest BCUT2D eigenvalue weighted by atomic mass is 32.2. The number of carboxylic acid groups (broad SMARTS) is 1. The van der Waals surface area contributed by atoms with Crippen molar-refractivity contribution in [2.24, 2.45) is 5.16 Å². The summed E-state index contributed by atoms with van der Waals surface area (Å²) in [5, 5.41) is 15.4. The second-order valence-electron chi connectivity index (χ2n) is 6.08. The van der Waals surface area contributed by atoms with Gasteiger partial charge in [-0.25, -0.2) is 9.78 Å². The van der Waals surface area contributed by atoms with Gasteiger partial charge in [0, 0.05) is 24.4 Å². The Morgan fingerprint density at radius 3 is 2.77 bits per heavy atom. The van der Waals surface area contributed by atoms with E-state index < -0.39 is 35.2 Å². The number of nitrogens with zero attached hydrogens (tertiary/aromatic N) is 3. The van der Waals surface area contributed by atoms with E-state index in [9.17, 15) is 24.3 Å². The van der Waals surface area contributed by atoms with Crippen molar-refractivity contribution in [3.8, 4) is 0 Å². The minimum absolute atomic E-state index is 0.108. The third-order valence-corrected chi connectivity index (χ3v) is 6.31. The van der Waals surface area contributed by atoms with E-state index in [0.717, 1.165) is 16.2 Å². The van der Waals surface area contributed by atoms with Crippen LogP contribution in [0.2, 0.25) is 0 Å². The number of nitrogens with two attached hydrogens (primary N) is 1. The molecule has 2 amide bonds. The first-order valence-electron chi connectivity index (χ1n) is 8.41.